The Kier molecular flexibility index (Phi) is 5.50. The van der Waals surface area contributed by atoms with Crippen LogP contribution in [0.5, 0.6) is 11.5 Å². The summed E-state index contributed by atoms with van der Waals surface area (Å²) >= 11 is 0. The zero-order chi connectivity index (χ0) is 18.7. The molecule has 0 saturated carbocycles. The zero-order valence-corrected chi connectivity index (χ0v) is 16.3. The van der Waals surface area contributed by atoms with Crippen LogP contribution in [0.2, 0.25) is 0 Å². The molecular weight excluding hydrogens is 352 g/mol. The maximum absolute atomic E-state index is 11.6. The molecule has 3 rings (SSSR count). The van der Waals surface area contributed by atoms with Crippen LogP contribution in [0.15, 0.2) is 18.3 Å². The van der Waals surface area contributed by atoms with Gasteiger partial charge in [-0.05, 0) is 31.2 Å². The van der Waals surface area contributed by atoms with E-state index in [1.807, 2.05) is 12.1 Å². The van der Waals surface area contributed by atoms with Crippen molar-refractivity contribution in [3.05, 3.63) is 18.3 Å². The summed E-state index contributed by atoms with van der Waals surface area (Å²) in [4.78, 5) is 2.32. The van der Waals surface area contributed by atoms with E-state index in [-0.39, 0.29) is 0 Å². The van der Waals surface area contributed by atoms with Gasteiger partial charge in [0, 0.05) is 46.3 Å². The highest BCUT2D eigenvalue weighted by molar-refractivity contribution is 7.91. The predicted molar refractivity (Wildman–Crippen MR) is 104 cm³/mol. The maximum Gasteiger partial charge on any atom is 0.162 e. The summed E-state index contributed by atoms with van der Waals surface area (Å²) in [7, 11) is 0.845. The molecule has 1 saturated heterocycles. The lowest BCUT2D eigenvalue weighted by molar-refractivity contribution is 0.355. The minimum Gasteiger partial charge on any atom is -0.493 e. The van der Waals surface area contributed by atoms with Crippen LogP contribution in [0, 0.1) is 10.7 Å². The van der Waals surface area contributed by atoms with Gasteiger partial charge in [-0.2, -0.15) is 10.2 Å². The molecule has 2 heterocycles. The summed E-state index contributed by atoms with van der Waals surface area (Å²) in [6.07, 6.45) is 6.27. The highest BCUT2D eigenvalue weighted by Crippen LogP contribution is 2.36. The molecule has 0 spiro atoms. The molecule has 1 N–H and O–H groups in total. The van der Waals surface area contributed by atoms with Crippen molar-refractivity contribution in [3.63, 3.8) is 0 Å². The van der Waals surface area contributed by atoms with Crippen LogP contribution in [-0.4, -0.2) is 53.7 Å². The molecular formula is C18H26N4O3S. The van der Waals surface area contributed by atoms with E-state index in [2.05, 4.69) is 15.1 Å². The number of nitrogens with zero attached hydrogens (tertiary/aromatic N) is 3. The molecule has 0 radical (unpaired) electrons. The van der Waals surface area contributed by atoms with E-state index in [0.29, 0.717) is 23.2 Å². The lowest BCUT2D eigenvalue weighted by atomic mass is 9.94. The van der Waals surface area contributed by atoms with Gasteiger partial charge in [-0.3, -0.25) is 8.99 Å². The average Bonchev–Trinajstić information content (AvgIpc) is 2.64. The number of rotatable bonds is 6. The third kappa shape index (κ3) is 4.17. The Balaban J connectivity index is 1.79. The van der Waals surface area contributed by atoms with Crippen LogP contribution in [0.1, 0.15) is 19.3 Å². The van der Waals surface area contributed by atoms with Crippen molar-refractivity contribution in [2.75, 3.05) is 44.2 Å². The third-order valence-electron chi connectivity index (χ3n) is 4.99. The van der Waals surface area contributed by atoms with Gasteiger partial charge in [-0.25, -0.2) is 0 Å². The highest BCUT2D eigenvalue weighted by atomic mass is 32.2. The molecule has 1 unspecified atom stereocenters. The van der Waals surface area contributed by atoms with Gasteiger partial charge in [0.15, 0.2) is 11.5 Å². The molecule has 1 aliphatic heterocycles. The molecule has 1 fully saturated rings. The van der Waals surface area contributed by atoms with Crippen LogP contribution in [0.3, 0.4) is 0 Å². The van der Waals surface area contributed by atoms with Crippen molar-refractivity contribution in [1.29, 1.82) is 4.78 Å². The molecule has 0 bridgehead atoms. The number of methoxy groups -OCH3 is 2. The number of nitrogens with one attached hydrogen (secondary N) is 1. The van der Waals surface area contributed by atoms with Crippen LogP contribution in [-0.2, 0) is 9.73 Å². The van der Waals surface area contributed by atoms with Crippen LogP contribution < -0.4 is 14.4 Å². The Morgan fingerprint density at radius 1 is 1.23 bits per heavy atom. The van der Waals surface area contributed by atoms with Gasteiger partial charge >= 0.3 is 0 Å². The fourth-order valence-corrected chi connectivity index (χ4v) is 4.26. The third-order valence-corrected chi connectivity index (χ3v) is 6.01. The first-order valence-electron chi connectivity index (χ1n) is 8.75. The number of aromatic nitrogens is 2. The number of benzene rings is 1. The Labute approximate surface area is 154 Å². The van der Waals surface area contributed by atoms with E-state index in [0.717, 1.165) is 48.9 Å². The first-order chi connectivity index (χ1) is 12.4. The predicted octanol–water partition coefficient (Wildman–Crippen LogP) is 2.93. The molecule has 8 heteroatoms. The molecule has 0 aliphatic carbocycles. The Hall–Kier alpha value is -2.09. The van der Waals surface area contributed by atoms with Gasteiger partial charge in [0.05, 0.1) is 31.6 Å². The first kappa shape index (κ1) is 18.7. The first-order valence-corrected chi connectivity index (χ1v) is 10.9. The minimum absolute atomic E-state index is 0.494. The Morgan fingerprint density at radius 2 is 1.88 bits per heavy atom. The van der Waals surface area contributed by atoms with E-state index < -0.39 is 9.73 Å². The molecule has 1 aromatic heterocycles. The maximum atomic E-state index is 11.6. The number of hydrogen-bond acceptors (Lipinski definition) is 7. The average molecular weight is 378 g/mol. The van der Waals surface area contributed by atoms with Crippen LogP contribution in [0.4, 0.5) is 5.69 Å². The van der Waals surface area contributed by atoms with Crippen LogP contribution in [0.25, 0.3) is 10.9 Å². The van der Waals surface area contributed by atoms with Gasteiger partial charge in [-0.1, -0.05) is 0 Å². The zero-order valence-electron chi connectivity index (χ0n) is 15.5. The SMILES string of the molecule is COc1cc2nncc(N3CCC(CCS(C)(=N)=O)CC3)c2cc1OC. The number of hydrogen-bond donors (Lipinski definition) is 1. The Morgan fingerprint density at radius 3 is 2.50 bits per heavy atom. The van der Waals surface area contributed by atoms with Gasteiger partial charge < -0.3 is 14.4 Å². The Bertz CT molecular complexity index is 877. The molecule has 7 nitrogen and oxygen atoms in total. The van der Waals surface area contributed by atoms with Crippen LogP contribution >= 0.6 is 0 Å². The van der Waals surface area contributed by atoms with Crippen molar-refractivity contribution >= 4 is 26.3 Å². The van der Waals surface area contributed by atoms with Crippen molar-refractivity contribution in [2.45, 2.75) is 19.3 Å². The summed E-state index contributed by atoms with van der Waals surface area (Å²) in [5, 5.41) is 9.38. The quantitative estimate of drug-likeness (QED) is 0.831. The van der Waals surface area contributed by atoms with Gasteiger partial charge in [0.2, 0.25) is 0 Å². The largest absolute Gasteiger partial charge is 0.493 e. The summed E-state index contributed by atoms with van der Waals surface area (Å²) in [6.45, 7) is 1.84. The number of anilines is 1. The lowest BCUT2D eigenvalue weighted by Gasteiger charge is -2.34. The highest BCUT2D eigenvalue weighted by Gasteiger charge is 2.22. The summed E-state index contributed by atoms with van der Waals surface area (Å²) in [5.74, 6) is 2.35. The molecule has 1 atom stereocenters. The fourth-order valence-electron chi connectivity index (χ4n) is 3.48. The molecule has 142 valence electrons. The number of piperidine rings is 1. The van der Waals surface area contributed by atoms with Crippen molar-refractivity contribution in [3.8, 4) is 11.5 Å². The fraction of sp³-hybridized carbons (Fsp3) is 0.556. The number of fused-ring (bicyclic) bond motifs is 1. The number of ether oxygens (including phenoxy) is 2. The van der Waals surface area contributed by atoms with Crippen molar-refractivity contribution in [1.82, 2.24) is 10.2 Å². The lowest BCUT2D eigenvalue weighted by Crippen LogP contribution is -2.34. The van der Waals surface area contributed by atoms with E-state index in [9.17, 15) is 4.21 Å². The normalized spacial score (nSPS) is 17.9. The standard InChI is InChI=1S/C18H26N4O3S/c1-24-17-10-14-15(11-18(17)25-2)21-20-12-16(14)22-7-4-13(5-8-22)6-9-26(3,19)23/h10-13,19H,4-9H2,1-3H3. The molecule has 1 aliphatic rings. The molecule has 0 amide bonds. The van der Waals surface area contributed by atoms with Crippen molar-refractivity contribution < 1.29 is 13.7 Å². The smallest absolute Gasteiger partial charge is 0.162 e. The van der Waals surface area contributed by atoms with Gasteiger partial charge in [0.25, 0.3) is 0 Å². The van der Waals surface area contributed by atoms with Crippen molar-refractivity contribution in [2.24, 2.45) is 5.92 Å². The van der Waals surface area contributed by atoms with E-state index in [1.54, 1.807) is 20.4 Å². The second-order valence-corrected chi connectivity index (χ2v) is 9.30. The van der Waals surface area contributed by atoms with E-state index in [1.165, 1.54) is 6.26 Å². The van der Waals surface area contributed by atoms with E-state index >= 15 is 0 Å². The van der Waals surface area contributed by atoms with Gasteiger partial charge in [0.1, 0.15) is 0 Å². The summed E-state index contributed by atoms with van der Waals surface area (Å²) in [6, 6.07) is 3.81. The molecule has 26 heavy (non-hydrogen) atoms. The molecule has 1 aromatic carbocycles. The summed E-state index contributed by atoms with van der Waals surface area (Å²) < 4.78 is 29.9. The second-order valence-electron chi connectivity index (χ2n) is 6.88. The topological polar surface area (TPSA) is 88.4 Å². The van der Waals surface area contributed by atoms with E-state index in [4.69, 9.17) is 14.3 Å². The minimum atomic E-state index is -2.39. The molecule has 2 aromatic rings. The summed E-state index contributed by atoms with van der Waals surface area (Å²) in [5.41, 5.74) is 1.83. The monoisotopic (exact) mass is 378 g/mol. The van der Waals surface area contributed by atoms with Gasteiger partial charge in [-0.15, -0.1) is 0 Å². The second kappa shape index (κ2) is 7.65.